The van der Waals surface area contributed by atoms with E-state index in [1.165, 1.54) is 0 Å². The Hall–Kier alpha value is -1.55. The minimum Gasteiger partial charge on any atom is -0.484 e. The molecule has 0 aromatic heterocycles. The number of benzene rings is 1. The smallest absolute Gasteiger partial charge is 0.260 e. The number of aliphatic hydroxyl groups excluding tert-OH is 1. The lowest BCUT2D eigenvalue weighted by atomic mass is 10.1. The Morgan fingerprint density at radius 3 is 2.44 bits per heavy atom. The fourth-order valence-corrected chi connectivity index (χ4v) is 1.45. The van der Waals surface area contributed by atoms with Crippen molar-refractivity contribution in [3.8, 4) is 5.75 Å². The van der Waals surface area contributed by atoms with Crippen molar-refractivity contribution in [1.82, 2.24) is 4.90 Å². The monoisotopic (exact) mass is 251 g/mol. The highest BCUT2D eigenvalue weighted by Gasteiger charge is 2.08. The van der Waals surface area contributed by atoms with E-state index in [-0.39, 0.29) is 12.5 Å². The molecule has 1 rings (SSSR count). The Morgan fingerprint density at radius 1 is 1.33 bits per heavy atom. The molecule has 0 saturated heterocycles. The topological polar surface area (TPSA) is 49.8 Å². The molecule has 0 aliphatic rings. The summed E-state index contributed by atoms with van der Waals surface area (Å²) in [5.74, 6) is 0.593. The molecular formula is C14H21NO3. The number of aliphatic hydroxyl groups is 1. The van der Waals surface area contributed by atoms with Crippen LogP contribution in [0.5, 0.6) is 5.75 Å². The summed E-state index contributed by atoms with van der Waals surface area (Å²) in [5, 5.41) is 9.64. The van der Waals surface area contributed by atoms with Gasteiger partial charge in [-0.15, -0.1) is 0 Å². The zero-order valence-corrected chi connectivity index (χ0v) is 11.2. The van der Waals surface area contributed by atoms with Crippen LogP contribution in [0.4, 0.5) is 0 Å². The van der Waals surface area contributed by atoms with Gasteiger partial charge in [0.2, 0.25) is 0 Å². The number of rotatable bonds is 6. The molecule has 1 aromatic carbocycles. The van der Waals surface area contributed by atoms with Crippen molar-refractivity contribution in [1.29, 1.82) is 0 Å². The minimum absolute atomic E-state index is 0.0417. The first-order valence-corrected chi connectivity index (χ1v) is 6.23. The van der Waals surface area contributed by atoms with Gasteiger partial charge in [0, 0.05) is 13.6 Å². The fourth-order valence-electron chi connectivity index (χ4n) is 1.45. The maximum atomic E-state index is 11.5. The summed E-state index contributed by atoms with van der Waals surface area (Å²) in [7, 11) is 1.74. The largest absolute Gasteiger partial charge is 0.484 e. The molecule has 0 unspecified atom stereocenters. The lowest BCUT2D eigenvalue weighted by Crippen LogP contribution is -2.31. The Morgan fingerprint density at radius 2 is 1.94 bits per heavy atom. The van der Waals surface area contributed by atoms with Crippen LogP contribution in [0.15, 0.2) is 24.3 Å². The molecule has 1 N–H and O–H groups in total. The molecule has 0 spiro atoms. The van der Waals surface area contributed by atoms with Gasteiger partial charge in [0.1, 0.15) is 5.75 Å². The Bertz CT molecular complexity index is 375. The Kier molecular flexibility index (Phi) is 5.65. The predicted molar refractivity (Wildman–Crippen MR) is 70.5 cm³/mol. The number of carbonyl (C=O) groups is 1. The summed E-state index contributed by atoms with van der Waals surface area (Å²) in [4.78, 5) is 13.1. The third-order valence-corrected chi connectivity index (χ3v) is 2.91. The Labute approximate surface area is 108 Å². The molecular weight excluding hydrogens is 230 g/mol. The van der Waals surface area contributed by atoms with Crippen LogP contribution in [0.1, 0.15) is 31.9 Å². The van der Waals surface area contributed by atoms with Gasteiger partial charge in [-0.05, 0) is 31.0 Å². The molecule has 0 fully saturated rings. The van der Waals surface area contributed by atoms with Crippen molar-refractivity contribution in [2.45, 2.75) is 26.4 Å². The lowest BCUT2D eigenvalue weighted by Gasteiger charge is -2.15. The van der Waals surface area contributed by atoms with Crippen LogP contribution in [0.3, 0.4) is 0 Å². The highest BCUT2D eigenvalue weighted by molar-refractivity contribution is 5.77. The summed E-state index contributed by atoms with van der Waals surface area (Å²) in [6.45, 7) is 4.55. The number of hydrogen-bond donors (Lipinski definition) is 1. The van der Waals surface area contributed by atoms with Gasteiger partial charge in [-0.25, -0.2) is 0 Å². The van der Waals surface area contributed by atoms with Crippen LogP contribution in [0.25, 0.3) is 0 Å². The van der Waals surface area contributed by atoms with E-state index >= 15 is 0 Å². The average molecular weight is 251 g/mol. The maximum Gasteiger partial charge on any atom is 0.260 e. The standard InChI is InChI=1S/C14H21NO3/c1-4-13(16)11-6-8-12(9-7-11)18-10-14(17)15(3)5-2/h6-9,13,16H,4-5,10H2,1-3H3/t13-/m0/s1. The third kappa shape index (κ3) is 4.04. The molecule has 100 valence electrons. The highest BCUT2D eigenvalue weighted by Crippen LogP contribution is 2.19. The zero-order valence-electron chi connectivity index (χ0n) is 11.2. The van der Waals surface area contributed by atoms with Crippen LogP contribution < -0.4 is 4.74 Å². The minimum atomic E-state index is -0.438. The normalized spacial score (nSPS) is 12.0. The third-order valence-electron chi connectivity index (χ3n) is 2.91. The molecule has 0 heterocycles. The van der Waals surface area contributed by atoms with E-state index in [1.807, 2.05) is 26.0 Å². The van der Waals surface area contributed by atoms with Crippen LogP contribution in [0, 0.1) is 0 Å². The molecule has 0 saturated carbocycles. The quantitative estimate of drug-likeness (QED) is 0.841. The highest BCUT2D eigenvalue weighted by atomic mass is 16.5. The van der Waals surface area contributed by atoms with Gasteiger partial charge >= 0.3 is 0 Å². The second kappa shape index (κ2) is 7.01. The van der Waals surface area contributed by atoms with Gasteiger partial charge in [-0.3, -0.25) is 4.79 Å². The van der Waals surface area contributed by atoms with Gasteiger partial charge in [0.15, 0.2) is 6.61 Å². The Balaban J connectivity index is 2.51. The number of carbonyl (C=O) groups excluding carboxylic acids is 1. The van der Waals surface area contributed by atoms with E-state index in [0.717, 1.165) is 5.56 Å². The van der Waals surface area contributed by atoms with Gasteiger partial charge < -0.3 is 14.7 Å². The van der Waals surface area contributed by atoms with Gasteiger partial charge in [-0.2, -0.15) is 0 Å². The van der Waals surface area contributed by atoms with E-state index in [2.05, 4.69) is 0 Å². The average Bonchev–Trinajstić information content (AvgIpc) is 2.43. The number of nitrogens with zero attached hydrogens (tertiary/aromatic N) is 1. The molecule has 1 amide bonds. The van der Waals surface area contributed by atoms with Crippen molar-refractivity contribution < 1.29 is 14.6 Å². The first-order chi connectivity index (χ1) is 8.58. The fraction of sp³-hybridized carbons (Fsp3) is 0.500. The zero-order chi connectivity index (χ0) is 13.5. The number of amides is 1. The van der Waals surface area contributed by atoms with E-state index in [9.17, 15) is 9.90 Å². The maximum absolute atomic E-state index is 11.5. The molecule has 1 aromatic rings. The van der Waals surface area contributed by atoms with Crippen molar-refractivity contribution >= 4 is 5.91 Å². The molecule has 18 heavy (non-hydrogen) atoms. The van der Waals surface area contributed by atoms with Crippen LogP contribution in [-0.4, -0.2) is 36.1 Å². The first kappa shape index (κ1) is 14.5. The van der Waals surface area contributed by atoms with E-state index in [4.69, 9.17) is 4.74 Å². The molecule has 1 atom stereocenters. The number of ether oxygens (including phenoxy) is 1. The van der Waals surface area contributed by atoms with Crippen molar-refractivity contribution in [2.24, 2.45) is 0 Å². The molecule has 0 radical (unpaired) electrons. The van der Waals surface area contributed by atoms with E-state index in [1.54, 1.807) is 24.1 Å². The molecule has 0 bridgehead atoms. The van der Waals surface area contributed by atoms with Gasteiger partial charge in [0.25, 0.3) is 5.91 Å². The van der Waals surface area contributed by atoms with Crippen molar-refractivity contribution in [3.63, 3.8) is 0 Å². The summed E-state index contributed by atoms with van der Waals surface area (Å²) in [6.07, 6.45) is 0.242. The van der Waals surface area contributed by atoms with Crippen molar-refractivity contribution in [3.05, 3.63) is 29.8 Å². The molecule has 4 heteroatoms. The second-order valence-electron chi connectivity index (χ2n) is 4.19. The summed E-state index contributed by atoms with van der Waals surface area (Å²) < 4.78 is 5.39. The SMILES string of the molecule is CC[C@H](O)c1ccc(OCC(=O)N(C)CC)cc1. The molecule has 0 aliphatic carbocycles. The first-order valence-electron chi connectivity index (χ1n) is 6.23. The van der Waals surface area contributed by atoms with Crippen LogP contribution >= 0.6 is 0 Å². The summed E-state index contributed by atoms with van der Waals surface area (Å²) in [5.41, 5.74) is 0.863. The van der Waals surface area contributed by atoms with E-state index < -0.39 is 6.10 Å². The molecule has 4 nitrogen and oxygen atoms in total. The van der Waals surface area contributed by atoms with Gasteiger partial charge in [-0.1, -0.05) is 19.1 Å². The second-order valence-corrected chi connectivity index (χ2v) is 4.19. The number of likely N-dealkylation sites (N-methyl/N-ethyl adjacent to an activating group) is 1. The summed E-state index contributed by atoms with van der Waals surface area (Å²) >= 11 is 0. The predicted octanol–water partition coefficient (Wildman–Crippen LogP) is 1.99. The van der Waals surface area contributed by atoms with Crippen LogP contribution in [-0.2, 0) is 4.79 Å². The number of hydrogen-bond acceptors (Lipinski definition) is 3. The lowest BCUT2D eigenvalue weighted by molar-refractivity contribution is -0.131. The van der Waals surface area contributed by atoms with Crippen molar-refractivity contribution in [2.75, 3.05) is 20.2 Å². The van der Waals surface area contributed by atoms with E-state index in [0.29, 0.717) is 18.7 Å². The summed E-state index contributed by atoms with van der Waals surface area (Å²) in [6, 6.07) is 7.18. The molecule has 0 aliphatic heterocycles. The van der Waals surface area contributed by atoms with Crippen LogP contribution in [0.2, 0.25) is 0 Å². The van der Waals surface area contributed by atoms with Gasteiger partial charge in [0.05, 0.1) is 6.10 Å².